The number of hydrogen-bond acceptors (Lipinski definition) is 3. The van der Waals surface area contributed by atoms with Crippen molar-refractivity contribution in [3.63, 3.8) is 0 Å². The summed E-state index contributed by atoms with van der Waals surface area (Å²) in [6.07, 6.45) is 0.258. The SMILES string of the molecule is CC(C)C(C)OCc1cccc(CN)n1. The van der Waals surface area contributed by atoms with Gasteiger partial charge in [-0.05, 0) is 25.0 Å². The molecule has 2 N–H and O–H groups in total. The van der Waals surface area contributed by atoms with Crippen molar-refractivity contribution in [2.45, 2.75) is 40.0 Å². The van der Waals surface area contributed by atoms with Crippen molar-refractivity contribution in [3.8, 4) is 0 Å². The highest BCUT2D eigenvalue weighted by atomic mass is 16.5. The Bertz CT molecular complexity index is 299. The highest BCUT2D eigenvalue weighted by molar-refractivity contribution is 5.10. The summed E-state index contributed by atoms with van der Waals surface area (Å²) in [4.78, 5) is 4.37. The molecule has 0 fully saturated rings. The number of hydrogen-bond donors (Lipinski definition) is 1. The Labute approximate surface area is 91.7 Å². The van der Waals surface area contributed by atoms with Crippen molar-refractivity contribution < 1.29 is 4.74 Å². The van der Waals surface area contributed by atoms with Crippen LogP contribution < -0.4 is 5.73 Å². The Hall–Kier alpha value is -0.930. The summed E-state index contributed by atoms with van der Waals surface area (Å²) >= 11 is 0. The first-order valence-corrected chi connectivity index (χ1v) is 5.40. The first kappa shape index (κ1) is 12.1. The lowest BCUT2D eigenvalue weighted by molar-refractivity contribution is 0.0217. The lowest BCUT2D eigenvalue weighted by atomic mass is 10.1. The van der Waals surface area contributed by atoms with Gasteiger partial charge in [-0.25, -0.2) is 0 Å². The molecule has 0 aliphatic heterocycles. The highest BCUT2D eigenvalue weighted by Gasteiger charge is 2.07. The van der Waals surface area contributed by atoms with Crippen LogP contribution in [0.4, 0.5) is 0 Å². The minimum Gasteiger partial charge on any atom is -0.372 e. The molecule has 1 atom stereocenters. The predicted molar refractivity (Wildman–Crippen MR) is 61.2 cm³/mol. The van der Waals surface area contributed by atoms with Crippen LogP contribution in [0.2, 0.25) is 0 Å². The van der Waals surface area contributed by atoms with E-state index in [0.717, 1.165) is 11.4 Å². The topological polar surface area (TPSA) is 48.1 Å². The first-order valence-electron chi connectivity index (χ1n) is 5.40. The summed E-state index contributed by atoms with van der Waals surface area (Å²) in [5.74, 6) is 0.530. The maximum atomic E-state index is 5.69. The van der Waals surface area contributed by atoms with Gasteiger partial charge in [0.1, 0.15) is 0 Å². The molecule has 1 heterocycles. The lowest BCUT2D eigenvalue weighted by Crippen LogP contribution is -2.15. The Kier molecular flexibility index (Phi) is 4.72. The third-order valence-electron chi connectivity index (χ3n) is 2.51. The molecule has 0 aliphatic rings. The Morgan fingerprint density at radius 1 is 1.27 bits per heavy atom. The second-order valence-electron chi connectivity index (χ2n) is 4.08. The van der Waals surface area contributed by atoms with E-state index in [1.807, 2.05) is 18.2 Å². The zero-order chi connectivity index (χ0) is 11.3. The first-order chi connectivity index (χ1) is 7.13. The Morgan fingerprint density at radius 3 is 2.53 bits per heavy atom. The van der Waals surface area contributed by atoms with Crippen LogP contribution in [0.5, 0.6) is 0 Å². The van der Waals surface area contributed by atoms with Crippen molar-refractivity contribution in [3.05, 3.63) is 29.6 Å². The van der Waals surface area contributed by atoms with E-state index in [2.05, 4.69) is 25.8 Å². The fourth-order valence-corrected chi connectivity index (χ4v) is 1.13. The minimum atomic E-state index is 0.258. The second-order valence-corrected chi connectivity index (χ2v) is 4.08. The zero-order valence-corrected chi connectivity index (χ0v) is 9.73. The van der Waals surface area contributed by atoms with Gasteiger partial charge in [-0.15, -0.1) is 0 Å². The minimum absolute atomic E-state index is 0.258. The number of pyridine rings is 1. The van der Waals surface area contributed by atoms with Gasteiger partial charge in [0, 0.05) is 6.54 Å². The number of nitrogens with two attached hydrogens (primary N) is 1. The van der Waals surface area contributed by atoms with Crippen LogP contribution >= 0.6 is 0 Å². The van der Waals surface area contributed by atoms with Crippen LogP contribution in [0.25, 0.3) is 0 Å². The standard InChI is InChI=1S/C12H20N2O/c1-9(2)10(3)15-8-12-6-4-5-11(7-13)14-12/h4-6,9-10H,7-8,13H2,1-3H3. The van der Waals surface area contributed by atoms with Gasteiger partial charge >= 0.3 is 0 Å². The van der Waals surface area contributed by atoms with Crippen LogP contribution in [0.1, 0.15) is 32.2 Å². The normalized spacial score (nSPS) is 13.1. The lowest BCUT2D eigenvalue weighted by Gasteiger charge is -2.16. The molecule has 0 saturated carbocycles. The molecule has 84 valence electrons. The van der Waals surface area contributed by atoms with Crippen LogP contribution in [0, 0.1) is 5.92 Å². The fraction of sp³-hybridized carbons (Fsp3) is 0.583. The van der Waals surface area contributed by atoms with Crippen LogP contribution in [0.15, 0.2) is 18.2 Å². The molecule has 0 amide bonds. The van der Waals surface area contributed by atoms with Gasteiger partial charge in [0.05, 0.1) is 24.1 Å². The van der Waals surface area contributed by atoms with E-state index >= 15 is 0 Å². The van der Waals surface area contributed by atoms with Gasteiger partial charge in [-0.1, -0.05) is 19.9 Å². The summed E-state index contributed by atoms with van der Waals surface area (Å²) < 4.78 is 5.69. The number of aromatic nitrogens is 1. The monoisotopic (exact) mass is 208 g/mol. The van der Waals surface area contributed by atoms with Gasteiger partial charge in [0.2, 0.25) is 0 Å². The molecule has 3 nitrogen and oxygen atoms in total. The van der Waals surface area contributed by atoms with Crippen molar-refractivity contribution in [1.29, 1.82) is 0 Å². The maximum Gasteiger partial charge on any atom is 0.0891 e. The summed E-state index contributed by atoms with van der Waals surface area (Å²) in [5, 5.41) is 0. The van der Waals surface area contributed by atoms with Crippen LogP contribution in [0.3, 0.4) is 0 Å². The molecule has 3 heteroatoms. The van der Waals surface area contributed by atoms with E-state index in [4.69, 9.17) is 10.5 Å². The van der Waals surface area contributed by atoms with E-state index in [-0.39, 0.29) is 6.10 Å². The summed E-state index contributed by atoms with van der Waals surface area (Å²) in [6, 6.07) is 5.86. The third-order valence-corrected chi connectivity index (χ3v) is 2.51. The van der Waals surface area contributed by atoms with Crippen molar-refractivity contribution in [1.82, 2.24) is 4.98 Å². The average Bonchev–Trinajstić information content (AvgIpc) is 2.26. The smallest absolute Gasteiger partial charge is 0.0891 e. The summed E-state index contributed by atoms with van der Waals surface area (Å²) in [6.45, 7) is 7.42. The molecule has 0 radical (unpaired) electrons. The van der Waals surface area contributed by atoms with E-state index < -0.39 is 0 Å². The van der Waals surface area contributed by atoms with Gasteiger partial charge < -0.3 is 10.5 Å². The molecule has 0 saturated heterocycles. The quantitative estimate of drug-likeness (QED) is 0.806. The molecule has 0 aliphatic carbocycles. The predicted octanol–water partition coefficient (Wildman–Crippen LogP) is 2.10. The molecular weight excluding hydrogens is 188 g/mol. The zero-order valence-electron chi connectivity index (χ0n) is 9.73. The molecule has 15 heavy (non-hydrogen) atoms. The molecular formula is C12H20N2O. The van der Waals surface area contributed by atoms with Crippen molar-refractivity contribution in [2.75, 3.05) is 0 Å². The molecule has 1 aromatic heterocycles. The fourth-order valence-electron chi connectivity index (χ4n) is 1.13. The van der Waals surface area contributed by atoms with Gasteiger partial charge in [-0.3, -0.25) is 4.98 Å². The molecule has 0 bridgehead atoms. The number of nitrogens with zero attached hydrogens (tertiary/aromatic N) is 1. The largest absolute Gasteiger partial charge is 0.372 e. The third kappa shape index (κ3) is 3.98. The molecule has 1 rings (SSSR count). The maximum absolute atomic E-state index is 5.69. The summed E-state index contributed by atoms with van der Waals surface area (Å²) in [7, 11) is 0. The molecule has 0 aromatic carbocycles. The number of rotatable bonds is 5. The Balaban J connectivity index is 2.50. The van der Waals surface area contributed by atoms with Crippen LogP contribution in [-0.2, 0) is 17.9 Å². The van der Waals surface area contributed by atoms with E-state index in [1.165, 1.54) is 0 Å². The summed E-state index contributed by atoms with van der Waals surface area (Å²) in [5.41, 5.74) is 7.38. The van der Waals surface area contributed by atoms with Crippen molar-refractivity contribution in [2.24, 2.45) is 11.7 Å². The molecule has 1 unspecified atom stereocenters. The second kappa shape index (κ2) is 5.83. The Morgan fingerprint density at radius 2 is 1.93 bits per heavy atom. The molecule has 1 aromatic rings. The van der Waals surface area contributed by atoms with Gasteiger partial charge in [0.25, 0.3) is 0 Å². The van der Waals surface area contributed by atoms with Gasteiger partial charge in [-0.2, -0.15) is 0 Å². The number of ether oxygens (including phenoxy) is 1. The van der Waals surface area contributed by atoms with Crippen LogP contribution in [-0.4, -0.2) is 11.1 Å². The van der Waals surface area contributed by atoms with E-state index in [9.17, 15) is 0 Å². The van der Waals surface area contributed by atoms with E-state index in [0.29, 0.717) is 19.1 Å². The van der Waals surface area contributed by atoms with E-state index in [1.54, 1.807) is 0 Å². The van der Waals surface area contributed by atoms with Gasteiger partial charge in [0.15, 0.2) is 0 Å². The van der Waals surface area contributed by atoms with Crippen molar-refractivity contribution >= 4 is 0 Å². The highest BCUT2D eigenvalue weighted by Crippen LogP contribution is 2.08. The average molecular weight is 208 g/mol. The molecule has 0 spiro atoms.